The van der Waals surface area contributed by atoms with E-state index in [1.54, 1.807) is 6.07 Å². The quantitative estimate of drug-likeness (QED) is 0.768. The van der Waals surface area contributed by atoms with Gasteiger partial charge >= 0.3 is 0 Å². The van der Waals surface area contributed by atoms with Gasteiger partial charge in [-0.2, -0.15) is 0 Å². The van der Waals surface area contributed by atoms with E-state index in [1.165, 1.54) is 12.1 Å². The number of likely N-dealkylation sites (tertiary alicyclic amines) is 1. The first-order chi connectivity index (χ1) is 13.2. The number of hydrogen-bond donors (Lipinski definition) is 1. The molecule has 4 nitrogen and oxygen atoms in total. The SMILES string of the molecule is CNC1CCCN(C(=O)c2cc(-c3ccccc3)nc3cc(F)ccc23)C1. The zero-order valence-corrected chi connectivity index (χ0v) is 15.3. The van der Waals surface area contributed by atoms with Crippen molar-refractivity contribution < 1.29 is 9.18 Å². The summed E-state index contributed by atoms with van der Waals surface area (Å²) in [5.41, 5.74) is 2.67. The molecule has 0 saturated carbocycles. The van der Waals surface area contributed by atoms with Crippen LogP contribution in [0, 0.1) is 5.82 Å². The molecule has 27 heavy (non-hydrogen) atoms. The summed E-state index contributed by atoms with van der Waals surface area (Å²) in [4.78, 5) is 19.8. The monoisotopic (exact) mass is 363 g/mol. The van der Waals surface area contributed by atoms with Crippen LogP contribution >= 0.6 is 0 Å². The average molecular weight is 363 g/mol. The lowest BCUT2D eigenvalue weighted by Crippen LogP contribution is -2.47. The van der Waals surface area contributed by atoms with Gasteiger partial charge in [0, 0.05) is 36.1 Å². The van der Waals surface area contributed by atoms with Gasteiger partial charge in [0.1, 0.15) is 5.82 Å². The number of amides is 1. The van der Waals surface area contributed by atoms with Crippen LogP contribution in [0.3, 0.4) is 0 Å². The number of benzene rings is 2. The third kappa shape index (κ3) is 3.55. The van der Waals surface area contributed by atoms with E-state index < -0.39 is 0 Å². The highest BCUT2D eigenvalue weighted by Crippen LogP contribution is 2.27. The maximum atomic E-state index is 13.8. The van der Waals surface area contributed by atoms with Crippen molar-refractivity contribution in [2.24, 2.45) is 0 Å². The minimum atomic E-state index is -0.355. The summed E-state index contributed by atoms with van der Waals surface area (Å²) in [6.07, 6.45) is 2.04. The molecule has 2 aromatic carbocycles. The smallest absolute Gasteiger partial charge is 0.254 e. The van der Waals surface area contributed by atoms with E-state index in [0.29, 0.717) is 34.7 Å². The van der Waals surface area contributed by atoms with Crippen molar-refractivity contribution >= 4 is 16.8 Å². The first-order valence-corrected chi connectivity index (χ1v) is 9.28. The number of halogens is 1. The third-order valence-electron chi connectivity index (χ3n) is 5.19. The second-order valence-electron chi connectivity index (χ2n) is 6.96. The molecule has 0 radical (unpaired) electrons. The van der Waals surface area contributed by atoms with Gasteiger partial charge in [-0.05, 0) is 38.1 Å². The van der Waals surface area contributed by atoms with Gasteiger partial charge in [-0.3, -0.25) is 4.79 Å². The molecule has 1 atom stereocenters. The highest BCUT2D eigenvalue weighted by atomic mass is 19.1. The summed E-state index contributed by atoms with van der Waals surface area (Å²) in [7, 11) is 1.93. The van der Waals surface area contributed by atoms with Gasteiger partial charge in [-0.25, -0.2) is 9.37 Å². The van der Waals surface area contributed by atoms with Gasteiger partial charge in [0.05, 0.1) is 16.8 Å². The van der Waals surface area contributed by atoms with E-state index >= 15 is 0 Å². The van der Waals surface area contributed by atoms with Crippen LogP contribution < -0.4 is 5.32 Å². The van der Waals surface area contributed by atoms with Crippen LogP contribution in [0.15, 0.2) is 54.6 Å². The largest absolute Gasteiger partial charge is 0.337 e. The van der Waals surface area contributed by atoms with Crippen molar-refractivity contribution in [3.05, 3.63) is 66.0 Å². The van der Waals surface area contributed by atoms with E-state index in [-0.39, 0.29) is 11.7 Å². The van der Waals surface area contributed by atoms with E-state index in [1.807, 2.05) is 48.3 Å². The number of piperidine rings is 1. The number of pyridine rings is 1. The number of nitrogens with zero attached hydrogens (tertiary/aromatic N) is 2. The van der Waals surface area contributed by atoms with Gasteiger partial charge < -0.3 is 10.2 Å². The minimum absolute atomic E-state index is 0.0221. The summed E-state index contributed by atoms with van der Waals surface area (Å²) in [6, 6.07) is 16.2. The van der Waals surface area contributed by atoms with E-state index in [9.17, 15) is 9.18 Å². The van der Waals surface area contributed by atoms with Crippen molar-refractivity contribution in [1.29, 1.82) is 0 Å². The van der Waals surface area contributed by atoms with Crippen molar-refractivity contribution in [3.63, 3.8) is 0 Å². The van der Waals surface area contributed by atoms with Crippen molar-refractivity contribution in [2.45, 2.75) is 18.9 Å². The number of hydrogen-bond acceptors (Lipinski definition) is 3. The molecule has 2 heterocycles. The second kappa shape index (κ2) is 7.45. The fourth-order valence-corrected chi connectivity index (χ4v) is 3.70. The fraction of sp³-hybridized carbons (Fsp3) is 0.273. The standard InChI is InChI=1S/C22H22FN3O/c1-24-17-8-5-11-26(14-17)22(27)19-13-20(15-6-3-2-4-7-15)25-21-12-16(23)9-10-18(19)21/h2-4,6-7,9-10,12-13,17,24H,5,8,11,14H2,1H3. The Morgan fingerprint density at radius 2 is 2.00 bits per heavy atom. The zero-order chi connectivity index (χ0) is 18.8. The number of likely N-dealkylation sites (N-methyl/N-ethyl adjacent to an activating group) is 1. The fourth-order valence-electron chi connectivity index (χ4n) is 3.70. The van der Waals surface area contributed by atoms with Gasteiger partial charge in [-0.15, -0.1) is 0 Å². The zero-order valence-electron chi connectivity index (χ0n) is 15.3. The van der Waals surface area contributed by atoms with Crippen molar-refractivity contribution in [1.82, 2.24) is 15.2 Å². The molecule has 1 N–H and O–H groups in total. The summed E-state index contributed by atoms with van der Waals surface area (Å²) in [5, 5.41) is 3.95. The highest BCUT2D eigenvalue weighted by Gasteiger charge is 2.25. The number of aromatic nitrogens is 1. The molecule has 5 heteroatoms. The Kier molecular flexibility index (Phi) is 4.86. The van der Waals surface area contributed by atoms with Crippen LogP contribution in [0.5, 0.6) is 0 Å². The summed E-state index contributed by atoms with van der Waals surface area (Å²) in [5.74, 6) is -0.377. The first-order valence-electron chi connectivity index (χ1n) is 9.28. The molecule has 3 aromatic rings. The molecular formula is C22H22FN3O. The van der Waals surface area contributed by atoms with Crippen LogP contribution in [0.25, 0.3) is 22.2 Å². The number of nitrogens with one attached hydrogen (secondary N) is 1. The maximum Gasteiger partial charge on any atom is 0.254 e. The van der Waals surface area contributed by atoms with Crippen LogP contribution in [0.2, 0.25) is 0 Å². The van der Waals surface area contributed by atoms with Crippen LogP contribution in [-0.2, 0) is 0 Å². The van der Waals surface area contributed by atoms with E-state index in [4.69, 9.17) is 0 Å². The van der Waals surface area contributed by atoms with Crippen molar-refractivity contribution in [2.75, 3.05) is 20.1 Å². The topological polar surface area (TPSA) is 45.2 Å². The molecule has 1 aliphatic rings. The van der Waals surface area contributed by atoms with Gasteiger partial charge in [0.15, 0.2) is 0 Å². The van der Waals surface area contributed by atoms with E-state index in [0.717, 1.165) is 24.9 Å². The number of rotatable bonds is 3. The first kappa shape index (κ1) is 17.6. The Morgan fingerprint density at radius 3 is 2.78 bits per heavy atom. The number of carbonyl (C=O) groups is 1. The van der Waals surface area contributed by atoms with Crippen molar-refractivity contribution in [3.8, 4) is 11.3 Å². The molecule has 0 spiro atoms. The molecule has 138 valence electrons. The highest BCUT2D eigenvalue weighted by molar-refractivity contribution is 6.07. The lowest BCUT2D eigenvalue weighted by atomic mass is 10.0. The minimum Gasteiger partial charge on any atom is -0.337 e. The average Bonchev–Trinajstić information content (AvgIpc) is 2.72. The predicted octanol–water partition coefficient (Wildman–Crippen LogP) is 3.86. The predicted molar refractivity (Wildman–Crippen MR) is 105 cm³/mol. The van der Waals surface area contributed by atoms with Gasteiger partial charge in [-0.1, -0.05) is 30.3 Å². The molecule has 1 amide bonds. The summed E-state index contributed by atoms with van der Waals surface area (Å²) < 4.78 is 13.8. The lowest BCUT2D eigenvalue weighted by molar-refractivity contribution is 0.0700. The lowest BCUT2D eigenvalue weighted by Gasteiger charge is -2.33. The molecular weight excluding hydrogens is 341 g/mol. The molecule has 4 rings (SSSR count). The van der Waals surface area contributed by atoms with Gasteiger partial charge in [0.2, 0.25) is 0 Å². The Labute approximate surface area is 158 Å². The summed E-state index contributed by atoms with van der Waals surface area (Å²) in [6.45, 7) is 1.42. The van der Waals surface area contributed by atoms with Crippen LogP contribution in [0.1, 0.15) is 23.2 Å². The molecule has 0 bridgehead atoms. The van der Waals surface area contributed by atoms with Gasteiger partial charge in [0.25, 0.3) is 5.91 Å². The van der Waals surface area contributed by atoms with Crippen LogP contribution in [0.4, 0.5) is 4.39 Å². The number of carbonyl (C=O) groups excluding carboxylic acids is 1. The molecule has 0 aliphatic carbocycles. The normalized spacial score (nSPS) is 17.3. The number of fused-ring (bicyclic) bond motifs is 1. The molecule has 1 aromatic heterocycles. The molecule has 1 unspecified atom stereocenters. The van der Waals surface area contributed by atoms with Crippen LogP contribution in [-0.4, -0.2) is 42.0 Å². The van der Waals surface area contributed by atoms with E-state index in [2.05, 4.69) is 10.3 Å². The maximum absolute atomic E-state index is 13.8. The third-order valence-corrected chi connectivity index (χ3v) is 5.19. The molecule has 1 fully saturated rings. The molecule has 1 aliphatic heterocycles. The molecule has 1 saturated heterocycles. The summed E-state index contributed by atoms with van der Waals surface area (Å²) >= 11 is 0. The Hall–Kier alpha value is -2.79. The second-order valence-corrected chi connectivity index (χ2v) is 6.96. The Morgan fingerprint density at radius 1 is 1.19 bits per heavy atom. The Balaban J connectivity index is 1.82. The Bertz CT molecular complexity index is 974.